The summed E-state index contributed by atoms with van der Waals surface area (Å²) in [5, 5.41) is 0. The third-order valence-electron chi connectivity index (χ3n) is 1.66. The maximum absolute atomic E-state index is 10.6. The number of anilines is 1. The lowest BCUT2D eigenvalue weighted by molar-refractivity contribution is -0.116. The molecule has 70 valence electrons. The summed E-state index contributed by atoms with van der Waals surface area (Å²) in [6.45, 7) is 0.251. The van der Waals surface area contributed by atoms with Gasteiger partial charge in [0.15, 0.2) is 0 Å². The summed E-state index contributed by atoms with van der Waals surface area (Å²) in [6, 6.07) is 7.91. The molecule has 0 saturated heterocycles. The van der Waals surface area contributed by atoms with Crippen LogP contribution in [0.4, 0.5) is 5.69 Å². The Kier molecular flexibility index (Phi) is 3.53. The molecule has 0 atom stereocenters. The zero-order valence-electron chi connectivity index (χ0n) is 7.33. The Bertz CT molecular complexity index is 297. The van der Waals surface area contributed by atoms with Crippen LogP contribution >= 0.6 is 22.6 Å². The van der Waals surface area contributed by atoms with Crippen molar-refractivity contribution in [3.63, 3.8) is 0 Å². The molecular weight excluding hydrogens is 279 g/mol. The molecule has 0 aliphatic carbocycles. The minimum atomic E-state index is -0.318. The number of halogens is 1. The van der Waals surface area contributed by atoms with Crippen LogP contribution in [-0.2, 0) is 4.79 Å². The number of hydrogen-bond donors (Lipinski definition) is 1. The molecule has 0 radical (unpaired) electrons. The van der Waals surface area contributed by atoms with Crippen molar-refractivity contribution in [2.45, 2.75) is 0 Å². The lowest BCUT2D eigenvalue weighted by Gasteiger charge is -2.16. The average molecular weight is 290 g/mol. The molecule has 3 nitrogen and oxygen atoms in total. The number of carbonyl (C=O) groups is 1. The molecule has 0 aliphatic rings. The molecule has 0 saturated carbocycles. The average Bonchev–Trinajstić information content (AvgIpc) is 2.04. The molecule has 0 heterocycles. The zero-order chi connectivity index (χ0) is 9.84. The van der Waals surface area contributed by atoms with Crippen LogP contribution in [0.3, 0.4) is 0 Å². The topological polar surface area (TPSA) is 46.3 Å². The first kappa shape index (κ1) is 10.3. The first-order valence-electron chi connectivity index (χ1n) is 3.84. The monoisotopic (exact) mass is 290 g/mol. The van der Waals surface area contributed by atoms with Crippen LogP contribution in [-0.4, -0.2) is 19.5 Å². The molecule has 4 heteroatoms. The number of hydrogen-bond acceptors (Lipinski definition) is 2. The highest BCUT2D eigenvalue weighted by Crippen LogP contribution is 2.14. The van der Waals surface area contributed by atoms with E-state index in [4.69, 9.17) is 5.73 Å². The third-order valence-corrected chi connectivity index (χ3v) is 2.38. The first-order chi connectivity index (χ1) is 6.09. The lowest BCUT2D eigenvalue weighted by atomic mass is 10.3. The first-order valence-corrected chi connectivity index (χ1v) is 4.92. The summed E-state index contributed by atoms with van der Waals surface area (Å²) in [5.74, 6) is -0.318. The molecule has 1 rings (SSSR count). The second-order valence-electron chi connectivity index (χ2n) is 2.80. The fourth-order valence-corrected chi connectivity index (χ4v) is 1.38. The third kappa shape index (κ3) is 3.22. The lowest BCUT2D eigenvalue weighted by Crippen LogP contribution is -2.30. The van der Waals surface area contributed by atoms with Gasteiger partial charge in [-0.15, -0.1) is 0 Å². The Morgan fingerprint density at radius 3 is 2.46 bits per heavy atom. The number of primary amides is 1. The van der Waals surface area contributed by atoms with Crippen LogP contribution in [0.15, 0.2) is 24.3 Å². The highest BCUT2D eigenvalue weighted by molar-refractivity contribution is 14.1. The van der Waals surface area contributed by atoms with Crippen LogP contribution in [0.1, 0.15) is 0 Å². The van der Waals surface area contributed by atoms with Crippen molar-refractivity contribution >= 4 is 34.2 Å². The highest BCUT2D eigenvalue weighted by Gasteiger charge is 2.02. The Balaban J connectivity index is 2.71. The van der Waals surface area contributed by atoms with Gasteiger partial charge in [0.2, 0.25) is 5.91 Å². The molecule has 0 aromatic heterocycles. The minimum Gasteiger partial charge on any atom is -0.368 e. The van der Waals surface area contributed by atoms with Gasteiger partial charge < -0.3 is 10.6 Å². The van der Waals surface area contributed by atoms with Crippen LogP contribution in [0, 0.1) is 3.57 Å². The Morgan fingerprint density at radius 1 is 1.46 bits per heavy atom. The van der Waals surface area contributed by atoms with E-state index in [1.54, 1.807) is 0 Å². The predicted octanol–water partition coefficient (Wildman–Crippen LogP) is 1.21. The standard InChI is InChI=1S/C9H11IN2O/c1-12(6-9(11)13)8-4-2-7(10)3-5-8/h2-5H,6H2,1H3,(H2,11,13). The number of carbonyl (C=O) groups excluding carboxylic acids is 1. The number of benzene rings is 1. The predicted molar refractivity (Wildman–Crippen MR) is 61.6 cm³/mol. The van der Waals surface area contributed by atoms with Gasteiger partial charge in [-0.1, -0.05) is 0 Å². The fourth-order valence-electron chi connectivity index (χ4n) is 1.02. The Hall–Kier alpha value is -0.780. The minimum absolute atomic E-state index is 0.251. The van der Waals surface area contributed by atoms with E-state index in [9.17, 15) is 4.79 Å². The molecule has 0 bridgehead atoms. The van der Waals surface area contributed by atoms with E-state index in [-0.39, 0.29) is 12.5 Å². The second-order valence-corrected chi connectivity index (χ2v) is 4.04. The Labute approximate surface area is 91.0 Å². The van der Waals surface area contributed by atoms with Gasteiger partial charge in [-0.2, -0.15) is 0 Å². The molecule has 13 heavy (non-hydrogen) atoms. The van der Waals surface area contributed by atoms with Crippen molar-refractivity contribution < 1.29 is 4.79 Å². The number of nitrogens with zero attached hydrogens (tertiary/aromatic N) is 1. The smallest absolute Gasteiger partial charge is 0.236 e. The summed E-state index contributed by atoms with van der Waals surface area (Å²) in [6.07, 6.45) is 0. The fraction of sp³-hybridized carbons (Fsp3) is 0.222. The van der Waals surface area contributed by atoms with Crippen LogP contribution in [0.2, 0.25) is 0 Å². The molecule has 0 spiro atoms. The molecule has 1 aromatic carbocycles. The normalized spacial score (nSPS) is 9.69. The molecule has 2 N–H and O–H groups in total. The van der Waals surface area contributed by atoms with Crippen molar-refractivity contribution in [3.8, 4) is 0 Å². The van der Waals surface area contributed by atoms with E-state index >= 15 is 0 Å². The quantitative estimate of drug-likeness (QED) is 0.851. The largest absolute Gasteiger partial charge is 0.368 e. The van der Waals surface area contributed by atoms with Gasteiger partial charge in [0.1, 0.15) is 0 Å². The molecular formula is C9H11IN2O. The van der Waals surface area contributed by atoms with E-state index in [1.807, 2.05) is 36.2 Å². The van der Waals surface area contributed by atoms with Crippen LogP contribution in [0.25, 0.3) is 0 Å². The van der Waals surface area contributed by atoms with E-state index < -0.39 is 0 Å². The maximum Gasteiger partial charge on any atom is 0.236 e. The molecule has 0 fully saturated rings. The van der Waals surface area contributed by atoms with E-state index in [0.29, 0.717) is 0 Å². The SMILES string of the molecule is CN(CC(N)=O)c1ccc(I)cc1. The van der Waals surface area contributed by atoms with Gasteiger partial charge in [0, 0.05) is 16.3 Å². The maximum atomic E-state index is 10.6. The highest BCUT2D eigenvalue weighted by atomic mass is 127. The van der Waals surface area contributed by atoms with Gasteiger partial charge in [-0.25, -0.2) is 0 Å². The summed E-state index contributed by atoms with van der Waals surface area (Å²) >= 11 is 2.24. The molecule has 1 aromatic rings. The summed E-state index contributed by atoms with van der Waals surface area (Å²) in [7, 11) is 1.84. The molecule has 0 aliphatic heterocycles. The van der Waals surface area contributed by atoms with Crippen LogP contribution in [0.5, 0.6) is 0 Å². The summed E-state index contributed by atoms with van der Waals surface area (Å²) in [4.78, 5) is 12.4. The molecule has 0 unspecified atom stereocenters. The van der Waals surface area contributed by atoms with Gasteiger partial charge in [-0.3, -0.25) is 4.79 Å². The van der Waals surface area contributed by atoms with Crippen molar-refractivity contribution in [3.05, 3.63) is 27.8 Å². The Morgan fingerprint density at radius 2 is 2.00 bits per heavy atom. The van der Waals surface area contributed by atoms with Gasteiger partial charge in [0.25, 0.3) is 0 Å². The second kappa shape index (κ2) is 4.45. The van der Waals surface area contributed by atoms with E-state index in [2.05, 4.69) is 22.6 Å². The summed E-state index contributed by atoms with van der Waals surface area (Å²) in [5.41, 5.74) is 6.08. The van der Waals surface area contributed by atoms with Gasteiger partial charge >= 0.3 is 0 Å². The van der Waals surface area contributed by atoms with E-state index in [0.717, 1.165) is 5.69 Å². The number of nitrogens with two attached hydrogens (primary N) is 1. The summed E-state index contributed by atoms with van der Waals surface area (Å²) < 4.78 is 1.17. The van der Waals surface area contributed by atoms with Crippen molar-refractivity contribution in [1.82, 2.24) is 0 Å². The number of amides is 1. The number of rotatable bonds is 3. The van der Waals surface area contributed by atoms with Crippen molar-refractivity contribution in [2.75, 3.05) is 18.5 Å². The zero-order valence-corrected chi connectivity index (χ0v) is 9.48. The molecule has 1 amide bonds. The van der Waals surface area contributed by atoms with Crippen molar-refractivity contribution in [1.29, 1.82) is 0 Å². The van der Waals surface area contributed by atoms with Gasteiger partial charge in [-0.05, 0) is 46.9 Å². The van der Waals surface area contributed by atoms with Crippen molar-refractivity contribution in [2.24, 2.45) is 5.73 Å². The van der Waals surface area contributed by atoms with E-state index in [1.165, 1.54) is 3.57 Å². The van der Waals surface area contributed by atoms with Crippen LogP contribution < -0.4 is 10.6 Å². The van der Waals surface area contributed by atoms with Gasteiger partial charge in [0.05, 0.1) is 6.54 Å². The number of likely N-dealkylation sites (N-methyl/N-ethyl adjacent to an activating group) is 1.